The van der Waals surface area contributed by atoms with Crippen LogP contribution >= 0.6 is 0 Å². The average molecular weight is 654 g/mol. The molecule has 0 spiro atoms. The van der Waals surface area contributed by atoms with E-state index >= 15 is 0 Å². The lowest BCUT2D eigenvalue weighted by Gasteiger charge is -2.12. The van der Waals surface area contributed by atoms with Gasteiger partial charge in [-0.3, -0.25) is 4.57 Å². The second-order valence-electron chi connectivity index (χ2n) is 12.9. The van der Waals surface area contributed by atoms with Crippen molar-refractivity contribution in [2.24, 2.45) is 0 Å². The van der Waals surface area contributed by atoms with Gasteiger partial charge in [-0.15, -0.1) is 0 Å². The Kier molecular flexibility index (Phi) is 5.86. The maximum Gasteiger partial charge on any atom is 0.238 e. The number of nitrogens with zero attached hydrogens (tertiary/aromatic N) is 5. The van der Waals surface area contributed by atoms with Crippen LogP contribution in [0, 0.1) is 0 Å². The van der Waals surface area contributed by atoms with Crippen molar-refractivity contribution >= 4 is 65.6 Å². The predicted octanol–water partition coefficient (Wildman–Crippen LogP) is 11.3. The Morgan fingerprint density at radius 2 is 1.02 bits per heavy atom. The summed E-state index contributed by atoms with van der Waals surface area (Å²) in [6.45, 7) is 0. The fourth-order valence-corrected chi connectivity index (χ4v) is 7.75. The third-order valence-electron chi connectivity index (χ3n) is 9.97. The summed E-state index contributed by atoms with van der Waals surface area (Å²) in [6.07, 6.45) is 0. The highest BCUT2D eigenvalue weighted by Crippen LogP contribution is 2.42. The predicted molar refractivity (Wildman–Crippen MR) is 207 cm³/mol. The third kappa shape index (κ3) is 4.14. The topological polar surface area (TPSA) is 61.7 Å². The molecule has 7 aromatic carbocycles. The van der Waals surface area contributed by atoms with E-state index in [1.54, 1.807) is 0 Å². The summed E-state index contributed by atoms with van der Waals surface area (Å²) in [5.74, 6) is 1.76. The van der Waals surface area contributed by atoms with Crippen molar-refractivity contribution in [1.82, 2.24) is 24.1 Å². The number of para-hydroxylation sites is 4. The number of fused-ring (bicyclic) bond motifs is 10. The highest BCUT2D eigenvalue weighted by atomic mass is 16.3. The van der Waals surface area contributed by atoms with Crippen molar-refractivity contribution in [2.45, 2.75) is 0 Å². The van der Waals surface area contributed by atoms with Crippen LogP contribution in [0.5, 0.6) is 0 Å². The van der Waals surface area contributed by atoms with E-state index in [-0.39, 0.29) is 0 Å². The fourth-order valence-electron chi connectivity index (χ4n) is 7.75. The van der Waals surface area contributed by atoms with E-state index in [4.69, 9.17) is 19.4 Å². The smallest absolute Gasteiger partial charge is 0.238 e. The summed E-state index contributed by atoms with van der Waals surface area (Å²) < 4.78 is 10.8. The van der Waals surface area contributed by atoms with Gasteiger partial charge in [-0.1, -0.05) is 109 Å². The highest BCUT2D eigenvalue weighted by molar-refractivity contribution is 6.26. The van der Waals surface area contributed by atoms with Gasteiger partial charge in [0.2, 0.25) is 5.95 Å². The molecule has 0 aliphatic heterocycles. The van der Waals surface area contributed by atoms with Crippen molar-refractivity contribution in [3.63, 3.8) is 0 Å². The van der Waals surface area contributed by atoms with E-state index in [2.05, 4.69) is 112 Å². The fraction of sp³-hybridized carbons (Fsp3) is 0. The van der Waals surface area contributed by atoms with E-state index in [0.29, 0.717) is 17.6 Å². The van der Waals surface area contributed by atoms with E-state index in [0.717, 1.165) is 77.0 Å². The van der Waals surface area contributed by atoms with Gasteiger partial charge in [0.25, 0.3) is 0 Å². The number of aromatic nitrogens is 5. The van der Waals surface area contributed by atoms with Crippen LogP contribution in [-0.2, 0) is 0 Å². The molecule has 6 nitrogen and oxygen atoms in total. The van der Waals surface area contributed by atoms with E-state index in [1.165, 1.54) is 5.39 Å². The van der Waals surface area contributed by atoms with Gasteiger partial charge in [0.05, 0.1) is 22.1 Å². The minimum absolute atomic E-state index is 0.561. The largest absolute Gasteiger partial charge is 0.456 e. The zero-order valence-electron chi connectivity index (χ0n) is 27.2. The minimum atomic E-state index is 0.561. The van der Waals surface area contributed by atoms with Gasteiger partial charge >= 0.3 is 0 Å². The zero-order chi connectivity index (χ0) is 33.5. The van der Waals surface area contributed by atoms with Gasteiger partial charge in [-0.2, -0.15) is 9.97 Å². The number of benzene rings is 7. The molecule has 0 N–H and O–H groups in total. The first-order valence-corrected chi connectivity index (χ1v) is 17.0. The first-order valence-electron chi connectivity index (χ1n) is 17.0. The van der Waals surface area contributed by atoms with Crippen LogP contribution in [0.2, 0.25) is 0 Å². The second-order valence-corrected chi connectivity index (χ2v) is 12.9. The molecule has 238 valence electrons. The maximum atomic E-state index is 6.17. The third-order valence-corrected chi connectivity index (χ3v) is 9.97. The van der Waals surface area contributed by atoms with Crippen LogP contribution < -0.4 is 0 Å². The molecule has 6 heteroatoms. The van der Waals surface area contributed by atoms with Gasteiger partial charge in [0.15, 0.2) is 11.6 Å². The van der Waals surface area contributed by atoms with Crippen molar-refractivity contribution < 1.29 is 4.42 Å². The van der Waals surface area contributed by atoms with Crippen molar-refractivity contribution in [2.75, 3.05) is 0 Å². The van der Waals surface area contributed by atoms with Crippen molar-refractivity contribution in [3.8, 4) is 34.4 Å². The molecule has 0 radical (unpaired) electrons. The van der Waals surface area contributed by atoms with Gasteiger partial charge in [-0.25, -0.2) is 4.98 Å². The lowest BCUT2D eigenvalue weighted by atomic mass is 10.1. The monoisotopic (exact) mass is 653 g/mol. The Balaban J connectivity index is 1.26. The Bertz CT molecular complexity index is 3140. The Morgan fingerprint density at radius 1 is 0.392 bits per heavy atom. The highest BCUT2D eigenvalue weighted by Gasteiger charge is 2.23. The quantitative estimate of drug-likeness (QED) is 0.190. The molecule has 51 heavy (non-hydrogen) atoms. The minimum Gasteiger partial charge on any atom is -0.456 e. The summed E-state index contributed by atoms with van der Waals surface area (Å²) in [6, 6.07) is 56.7. The molecule has 4 heterocycles. The number of furan rings is 1. The Labute approximate surface area is 291 Å². The van der Waals surface area contributed by atoms with Crippen molar-refractivity contribution in [1.29, 1.82) is 0 Å². The molecule has 0 unspecified atom stereocenters. The van der Waals surface area contributed by atoms with E-state index in [9.17, 15) is 0 Å². The number of hydrogen-bond acceptors (Lipinski definition) is 4. The number of hydrogen-bond donors (Lipinski definition) is 0. The molecule has 0 saturated heterocycles. The first kappa shape index (κ1) is 27.9. The second kappa shape index (κ2) is 10.7. The molecule has 4 aromatic heterocycles. The SMILES string of the molecule is c1ccc(-c2nc(-c3ccc4oc5ccccc5c4c3)nc(-n3c4ccccc4c4ccc5c(c6ccccc6n5-c5ccccc5)c43)n2)cc1. The summed E-state index contributed by atoms with van der Waals surface area (Å²) >= 11 is 0. The molecular weight excluding hydrogens is 627 g/mol. The summed E-state index contributed by atoms with van der Waals surface area (Å²) in [5, 5.41) is 6.69. The van der Waals surface area contributed by atoms with Crippen LogP contribution in [-0.4, -0.2) is 24.1 Å². The first-order chi connectivity index (χ1) is 25.3. The summed E-state index contributed by atoms with van der Waals surface area (Å²) in [7, 11) is 0. The average Bonchev–Trinajstić information content (AvgIpc) is 3.86. The van der Waals surface area contributed by atoms with Crippen LogP contribution in [0.1, 0.15) is 0 Å². The van der Waals surface area contributed by atoms with Crippen LogP contribution in [0.15, 0.2) is 168 Å². The molecule has 0 amide bonds. The van der Waals surface area contributed by atoms with E-state index < -0.39 is 0 Å². The molecule has 0 aliphatic rings. The molecular formula is C45H27N5O. The summed E-state index contributed by atoms with van der Waals surface area (Å²) in [5.41, 5.74) is 8.97. The lowest BCUT2D eigenvalue weighted by Crippen LogP contribution is -2.06. The molecule has 0 bridgehead atoms. The Hall–Kier alpha value is -7.05. The summed E-state index contributed by atoms with van der Waals surface area (Å²) in [4.78, 5) is 15.6. The standard InChI is InChI=1S/C45H27N5O/c1-3-13-28(14-4-1)43-46-44(29-23-26-40-35(27-29)32-18-9-12-22-39(32)51-40)48-45(47-43)50-36-20-10-7-17-31(36)33-24-25-38-41(42(33)50)34-19-8-11-21-37(34)49(38)30-15-5-2-6-16-30/h1-27H. The molecule has 0 fully saturated rings. The number of rotatable bonds is 4. The molecule has 11 rings (SSSR count). The lowest BCUT2D eigenvalue weighted by molar-refractivity contribution is 0.669. The maximum absolute atomic E-state index is 6.17. The van der Waals surface area contributed by atoms with Gasteiger partial charge < -0.3 is 8.98 Å². The zero-order valence-corrected chi connectivity index (χ0v) is 27.2. The molecule has 0 atom stereocenters. The normalized spacial score (nSPS) is 11.9. The van der Waals surface area contributed by atoms with Crippen molar-refractivity contribution in [3.05, 3.63) is 164 Å². The van der Waals surface area contributed by atoms with Gasteiger partial charge in [0, 0.05) is 49.1 Å². The Morgan fingerprint density at radius 3 is 1.82 bits per heavy atom. The molecule has 0 aliphatic carbocycles. The molecule has 0 saturated carbocycles. The van der Waals surface area contributed by atoms with Gasteiger partial charge in [-0.05, 0) is 54.6 Å². The van der Waals surface area contributed by atoms with E-state index in [1.807, 2.05) is 60.7 Å². The van der Waals surface area contributed by atoms with Crippen LogP contribution in [0.25, 0.3) is 100.0 Å². The van der Waals surface area contributed by atoms with Crippen LogP contribution in [0.4, 0.5) is 0 Å². The molecule has 11 aromatic rings. The van der Waals surface area contributed by atoms with Gasteiger partial charge in [0.1, 0.15) is 11.2 Å². The van der Waals surface area contributed by atoms with Crippen LogP contribution in [0.3, 0.4) is 0 Å².